The summed E-state index contributed by atoms with van der Waals surface area (Å²) in [6, 6.07) is 11.7. The van der Waals surface area contributed by atoms with Crippen LogP contribution in [0, 0.1) is 0 Å². The minimum Gasteiger partial charge on any atom is -0.495 e. The first-order valence-corrected chi connectivity index (χ1v) is 7.52. The van der Waals surface area contributed by atoms with Gasteiger partial charge in [0.05, 0.1) is 30.7 Å². The van der Waals surface area contributed by atoms with E-state index in [-0.39, 0.29) is 0 Å². The van der Waals surface area contributed by atoms with Gasteiger partial charge in [0, 0.05) is 11.8 Å². The maximum absolute atomic E-state index is 5.98. The van der Waals surface area contributed by atoms with Gasteiger partial charge in [-0.3, -0.25) is 4.98 Å². The number of imidazole rings is 1. The molecular formula is C17H13ClN4O. The van der Waals surface area contributed by atoms with Crippen molar-refractivity contribution in [3.8, 4) is 5.75 Å². The Morgan fingerprint density at radius 2 is 2.00 bits per heavy atom. The third-order valence-corrected chi connectivity index (χ3v) is 3.94. The summed E-state index contributed by atoms with van der Waals surface area (Å²) in [5.41, 5.74) is 3.86. The summed E-state index contributed by atoms with van der Waals surface area (Å²) in [6.45, 7) is 0. The van der Waals surface area contributed by atoms with Crippen LogP contribution in [0.3, 0.4) is 0 Å². The molecule has 0 radical (unpaired) electrons. The molecule has 0 aliphatic heterocycles. The van der Waals surface area contributed by atoms with Crippen molar-refractivity contribution < 1.29 is 4.74 Å². The van der Waals surface area contributed by atoms with Gasteiger partial charge < -0.3 is 4.74 Å². The van der Waals surface area contributed by atoms with E-state index in [0.29, 0.717) is 11.6 Å². The maximum atomic E-state index is 5.98. The second-order valence-electron chi connectivity index (χ2n) is 5.25. The van der Waals surface area contributed by atoms with Crippen LogP contribution >= 0.6 is 11.6 Å². The van der Waals surface area contributed by atoms with Crippen LogP contribution < -0.4 is 4.74 Å². The number of hydrogen-bond acceptors (Lipinski definition) is 4. The molecule has 4 aromatic rings. The number of pyridine rings is 1. The number of aromatic nitrogens is 4. The van der Waals surface area contributed by atoms with Crippen molar-refractivity contribution in [1.29, 1.82) is 0 Å². The largest absolute Gasteiger partial charge is 0.495 e. The number of benzene rings is 1. The topological polar surface area (TPSA) is 52.3 Å². The lowest BCUT2D eigenvalue weighted by atomic mass is 10.1. The van der Waals surface area contributed by atoms with Crippen LogP contribution in [-0.4, -0.2) is 26.7 Å². The van der Waals surface area contributed by atoms with Gasteiger partial charge in [0.25, 0.3) is 0 Å². The number of rotatable bonds is 3. The van der Waals surface area contributed by atoms with Crippen LogP contribution in [0.1, 0.15) is 11.3 Å². The molecule has 0 amide bonds. The van der Waals surface area contributed by atoms with Crippen molar-refractivity contribution in [1.82, 2.24) is 19.6 Å². The van der Waals surface area contributed by atoms with Gasteiger partial charge >= 0.3 is 0 Å². The Labute approximate surface area is 137 Å². The predicted molar refractivity (Wildman–Crippen MR) is 89.1 cm³/mol. The summed E-state index contributed by atoms with van der Waals surface area (Å²) < 4.78 is 7.01. The first-order chi connectivity index (χ1) is 11.2. The predicted octanol–water partition coefficient (Wildman–Crippen LogP) is 3.53. The highest BCUT2D eigenvalue weighted by Gasteiger charge is 2.07. The molecule has 4 rings (SSSR count). The van der Waals surface area contributed by atoms with Crippen molar-refractivity contribution in [2.24, 2.45) is 0 Å². The molecule has 0 saturated carbocycles. The molecule has 0 aliphatic rings. The second kappa shape index (κ2) is 5.52. The van der Waals surface area contributed by atoms with E-state index in [1.54, 1.807) is 23.9 Å². The number of fused-ring (bicyclic) bond motifs is 2. The highest BCUT2D eigenvalue weighted by Crippen LogP contribution is 2.21. The average molecular weight is 325 g/mol. The van der Waals surface area contributed by atoms with E-state index in [9.17, 15) is 0 Å². The summed E-state index contributed by atoms with van der Waals surface area (Å²) in [5, 5.41) is 5.80. The van der Waals surface area contributed by atoms with Crippen LogP contribution in [0.25, 0.3) is 16.6 Å². The average Bonchev–Trinajstić information content (AvgIpc) is 2.96. The fourth-order valence-corrected chi connectivity index (χ4v) is 2.75. The molecule has 0 unspecified atom stereocenters. The highest BCUT2D eigenvalue weighted by atomic mass is 35.5. The summed E-state index contributed by atoms with van der Waals surface area (Å²) in [7, 11) is 1.64. The van der Waals surface area contributed by atoms with Gasteiger partial charge in [-0.15, -0.1) is 0 Å². The molecular weight excluding hydrogens is 312 g/mol. The summed E-state index contributed by atoms with van der Waals surface area (Å²) in [5.74, 6) is 0.748. The van der Waals surface area contributed by atoms with Gasteiger partial charge in [-0.25, -0.2) is 9.50 Å². The fourth-order valence-electron chi connectivity index (χ4n) is 2.61. The molecule has 1 aromatic carbocycles. The minimum absolute atomic E-state index is 0.448. The molecule has 0 aliphatic carbocycles. The Morgan fingerprint density at radius 3 is 2.87 bits per heavy atom. The van der Waals surface area contributed by atoms with Crippen LogP contribution in [0.2, 0.25) is 5.15 Å². The van der Waals surface area contributed by atoms with Gasteiger partial charge in [-0.1, -0.05) is 17.7 Å². The molecule has 0 fully saturated rings. The Bertz CT molecular complexity index is 1010. The van der Waals surface area contributed by atoms with Gasteiger partial charge in [-0.05, 0) is 35.9 Å². The molecule has 0 spiro atoms. The number of ether oxygens (including phenoxy) is 1. The molecule has 0 bridgehead atoms. The normalized spacial score (nSPS) is 11.2. The van der Waals surface area contributed by atoms with E-state index >= 15 is 0 Å². The van der Waals surface area contributed by atoms with Crippen LogP contribution in [-0.2, 0) is 6.42 Å². The molecule has 23 heavy (non-hydrogen) atoms. The van der Waals surface area contributed by atoms with Crippen molar-refractivity contribution in [2.45, 2.75) is 6.42 Å². The smallest absolute Gasteiger partial charge is 0.153 e. The fraction of sp³-hybridized carbons (Fsp3) is 0.118. The lowest BCUT2D eigenvalue weighted by Gasteiger charge is -2.05. The van der Waals surface area contributed by atoms with Crippen LogP contribution in [0.4, 0.5) is 0 Å². The van der Waals surface area contributed by atoms with Crippen molar-refractivity contribution >= 4 is 28.2 Å². The van der Waals surface area contributed by atoms with Gasteiger partial charge in [0.1, 0.15) is 10.9 Å². The molecule has 6 heteroatoms. The number of halogens is 1. The van der Waals surface area contributed by atoms with E-state index < -0.39 is 0 Å². The molecule has 0 atom stereocenters. The quantitative estimate of drug-likeness (QED) is 0.578. The van der Waals surface area contributed by atoms with Gasteiger partial charge in [-0.2, -0.15) is 5.10 Å². The van der Waals surface area contributed by atoms with Crippen molar-refractivity contribution in [3.05, 3.63) is 65.2 Å². The third-order valence-electron chi connectivity index (χ3n) is 3.74. The van der Waals surface area contributed by atoms with Crippen molar-refractivity contribution in [2.75, 3.05) is 7.11 Å². The van der Waals surface area contributed by atoms with Crippen molar-refractivity contribution in [3.63, 3.8) is 0 Å². The number of methoxy groups -OCH3 is 1. The maximum Gasteiger partial charge on any atom is 0.153 e. The standard InChI is InChI=1S/C17H13ClN4O/c1-23-14-8-12-6-11(2-3-15(12)19-10-14)7-13-9-20-17-5-4-16(18)21-22(13)17/h2-6,8-10H,7H2,1H3. The van der Waals surface area contributed by atoms with Crippen LogP contribution in [0.5, 0.6) is 5.75 Å². The summed E-state index contributed by atoms with van der Waals surface area (Å²) in [4.78, 5) is 8.73. The Hall–Kier alpha value is -2.66. The SMILES string of the molecule is COc1cnc2ccc(Cc3cnc4ccc(Cl)nn34)cc2c1. The molecule has 5 nitrogen and oxygen atoms in total. The van der Waals surface area contributed by atoms with E-state index in [4.69, 9.17) is 16.3 Å². The Morgan fingerprint density at radius 1 is 1.09 bits per heavy atom. The Kier molecular flexibility index (Phi) is 3.35. The zero-order chi connectivity index (χ0) is 15.8. The molecule has 3 heterocycles. The van der Waals surface area contributed by atoms with Gasteiger partial charge in [0.15, 0.2) is 5.65 Å². The third kappa shape index (κ3) is 2.59. The van der Waals surface area contributed by atoms with Crippen LogP contribution in [0.15, 0.2) is 48.8 Å². The number of hydrogen-bond donors (Lipinski definition) is 0. The Balaban J connectivity index is 1.75. The van der Waals surface area contributed by atoms with Gasteiger partial charge in [0.2, 0.25) is 0 Å². The second-order valence-corrected chi connectivity index (χ2v) is 5.64. The molecule has 3 aromatic heterocycles. The lowest BCUT2D eigenvalue weighted by molar-refractivity contribution is 0.414. The molecule has 0 saturated heterocycles. The minimum atomic E-state index is 0.448. The summed E-state index contributed by atoms with van der Waals surface area (Å²) >= 11 is 5.98. The lowest BCUT2D eigenvalue weighted by Crippen LogP contribution is -1.99. The first-order valence-electron chi connectivity index (χ1n) is 7.15. The van der Waals surface area contributed by atoms with E-state index in [0.717, 1.165) is 33.6 Å². The highest BCUT2D eigenvalue weighted by molar-refractivity contribution is 6.29. The van der Waals surface area contributed by atoms with E-state index in [1.165, 1.54) is 0 Å². The van der Waals surface area contributed by atoms with E-state index in [2.05, 4.69) is 27.2 Å². The molecule has 0 N–H and O–H groups in total. The zero-order valence-corrected chi connectivity index (χ0v) is 13.2. The zero-order valence-electron chi connectivity index (χ0n) is 12.4. The van der Waals surface area contributed by atoms with E-state index in [1.807, 2.05) is 24.4 Å². The summed E-state index contributed by atoms with van der Waals surface area (Å²) in [6.07, 6.45) is 4.26. The first kappa shape index (κ1) is 14.0. The molecule has 114 valence electrons. The number of nitrogens with zero attached hydrogens (tertiary/aromatic N) is 4. The monoisotopic (exact) mass is 324 g/mol.